The minimum absolute atomic E-state index is 0.720. The van der Waals surface area contributed by atoms with Gasteiger partial charge in [0, 0.05) is 18.8 Å². The molecule has 1 aliphatic rings. The van der Waals surface area contributed by atoms with Crippen molar-refractivity contribution >= 4 is 17.5 Å². The van der Waals surface area contributed by atoms with Gasteiger partial charge in [0.2, 0.25) is 5.95 Å². The Morgan fingerprint density at radius 1 is 1.15 bits per heavy atom. The molecule has 1 fully saturated rings. The number of anilines is 3. The lowest BCUT2D eigenvalue weighted by Crippen LogP contribution is -2.21. The molecule has 3 rings (SSSR count). The summed E-state index contributed by atoms with van der Waals surface area (Å²) in [5.41, 5.74) is 3.56. The zero-order valence-corrected chi connectivity index (χ0v) is 11.9. The van der Waals surface area contributed by atoms with Crippen molar-refractivity contribution in [3.8, 4) is 0 Å². The molecule has 0 atom stereocenters. The summed E-state index contributed by atoms with van der Waals surface area (Å²) >= 11 is 0. The van der Waals surface area contributed by atoms with Crippen LogP contribution < -0.4 is 10.2 Å². The molecule has 1 aromatic heterocycles. The summed E-state index contributed by atoms with van der Waals surface area (Å²) in [6.07, 6.45) is 4.08. The second-order valence-corrected chi connectivity index (χ2v) is 5.21. The number of aromatic nitrogens is 3. The molecule has 5 nitrogen and oxygen atoms in total. The first-order chi connectivity index (χ1) is 9.74. The van der Waals surface area contributed by atoms with Crippen molar-refractivity contribution in [3.63, 3.8) is 0 Å². The van der Waals surface area contributed by atoms with Crippen LogP contribution in [0.2, 0.25) is 0 Å². The monoisotopic (exact) mass is 269 g/mol. The maximum atomic E-state index is 4.56. The highest BCUT2D eigenvalue weighted by Crippen LogP contribution is 2.22. The molecular formula is C15H19N5. The highest BCUT2D eigenvalue weighted by atomic mass is 15.3. The molecule has 104 valence electrons. The van der Waals surface area contributed by atoms with E-state index >= 15 is 0 Å². The zero-order chi connectivity index (χ0) is 13.9. The summed E-state index contributed by atoms with van der Waals surface area (Å²) in [5, 5.41) is 11.5. The van der Waals surface area contributed by atoms with Crippen LogP contribution in [0.3, 0.4) is 0 Å². The van der Waals surface area contributed by atoms with E-state index in [1.165, 1.54) is 24.0 Å². The van der Waals surface area contributed by atoms with Crippen LogP contribution in [0.15, 0.2) is 24.4 Å². The minimum Gasteiger partial charge on any atom is -0.339 e. The number of rotatable bonds is 3. The average molecular weight is 269 g/mol. The van der Waals surface area contributed by atoms with Crippen LogP contribution in [0.5, 0.6) is 0 Å². The topological polar surface area (TPSA) is 53.9 Å². The lowest BCUT2D eigenvalue weighted by molar-refractivity contribution is 0.852. The standard InChI is InChI=1S/C15H19N5/c1-11-6-5-7-13(12(11)2)17-14-10-16-19-15(18-14)20-8-3-4-9-20/h5-7,10H,3-4,8-9H2,1-2H3,(H,17,18,19). The van der Waals surface area contributed by atoms with E-state index in [1.807, 2.05) is 6.07 Å². The maximum Gasteiger partial charge on any atom is 0.247 e. The Bertz CT molecular complexity index is 605. The molecule has 0 spiro atoms. The van der Waals surface area contributed by atoms with Crippen molar-refractivity contribution in [2.45, 2.75) is 26.7 Å². The van der Waals surface area contributed by atoms with E-state index in [2.05, 4.69) is 51.4 Å². The lowest BCUT2D eigenvalue weighted by atomic mass is 10.1. The van der Waals surface area contributed by atoms with Gasteiger partial charge in [-0.1, -0.05) is 12.1 Å². The van der Waals surface area contributed by atoms with Crippen LogP contribution in [-0.2, 0) is 0 Å². The van der Waals surface area contributed by atoms with E-state index in [0.29, 0.717) is 0 Å². The van der Waals surface area contributed by atoms with E-state index in [4.69, 9.17) is 0 Å². The molecule has 1 aliphatic heterocycles. The Morgan fingerprint density at radius 3 is 2.75 bits per heavy atom. The Balaban J connectivity index is 1.83. The molecule has 2 aromatic rings. The van der Waals surface area contributed by atoms with Gasteiger partial charge < -0.3 is 10.2 Å². The SMILES string of the molecule is Cc1cccc(Nc2cnnc(N3CCCC3)n2)c1C. The van der Waals surface area contributed by atoms with Crippen LogP contribution in [0.1, 0.15) is 24.0 Å². The molecule has 0 saturated carbocycles. The van der Waals surface area contributed by atoms with Crippen LogP contribution >= 0.6 is 0 Å². The first-order valence-corrected chi connectivity index (χ1v) is 7.02. The molecule has 0 radical (unpaired) electrons. The summed E-state index contributed by atoms with van der Waals surface area (Å²) in [4.78, 5) is 6.74. The number of nitrogens with one attached hydrogen (secondary N) is 1. The fraction of sp³-hybridized carbons (Fsp3) is 0.400. The van der Waals surface area contributed by atoms with Crippen molar-refractivity contribution < 1.29 is 0 Å². The van der Waals surface area contributed by atoms with Crippen LogP contribution in [0.25, 0.3) is 0 Å². The molecule has 0 unspecified atom stereocenters. The predicted molar refractivity (Wildman–Crippen MR) is 80.5 cm³/mol. The third kappa shape index (κ3) is 2.57. The van der Waals surface area contributed by atoms with Gasteiger partial charge in [-0.05, 0) is 43.9 Å². The second kappa shape index (κ2) is 5.45. The number of benzene rings is 1. The Labute approximate surface area is 119 Å². The Kier molecular flexibility index (Phi) is 3.50. The molecule has 0 aliphatic carbocycles. The summed E-state index contributed by atoms with van der Waals surface area (Å²) in [6.45, 7) is 6.26. The first-order valence-electron chi connectivity index (χ1n) is 7.02. The van der Waals surface area contributed by atoms with Gasteiger partial charge in [-0.2, -0.15) is 10.1 Å². The van der Waals surface area contributed by atoms with Gasteiger partial charge in [-0.3, -0.25) is 0 Å². The molecule has 0 bridgehead atoms. The third-order valence-corrected chi connectivity index (χ3v) is 3.80. The normalized spacial score (nSPS) is 14.6. The quantitative estimate of drug-likeness (QED) is 0.928. The number of hydrogen-bond donors (Lipinski definition) is 1. The number of hydrogen-bond acceptors (Lipinski definition) is 5. The van der Waals surface area contributed by atoms with Crippen molar-refractivity contribution in [1.82, 2.24) is 15.2 Å². The summed E-state index contributed by atoms with van der Waals surface area (Å²) in [5.74, 6) is 1.47. The molecule has 5 heteroatoms. The second-order valence-electron chi connectivity index (χ2n) is 5.21. The molecule has 20 heavy (non-hydrogen) atoms. The van der Waals surface area contributed by atoms with Crippen molar-refractivity contribution in [2.75, 3.05) is 23.3 Å². The maximum absolute atomic E-state index is 4.56. The Hall–Kier alpha value is -2.17. The van der Waals surface area contributed by atoms with Gasteiger partial charge in [0.1, 0.15) is 0 Å². The highest BCUT2D eigenvalue weighted by molar-refractivity contribution is 5.62. The van der Waals surface area contributed by atoms with Crippen molar-refractivity contribution in [2.24, 2.45) is 0 Å². The molecule has 1 saturated heterocycles. The molecular weight excluding hydrogens is 250 g/mol. The molecule has 0 amide bonds. The van der Waals surface area contributed by atoms with Crippen LogP contribution in [0.4, 0.5) is 17.5 Å². The molecule has 2 heterocycles. The minimum atomic E-state index is 0.720. The highest BCUT2D eigenvalue weighted by Gasteiger charge is 2.15. The fourth-order valence-electron chi connectivity index (χ4n) is 2.43. The van der Waals surface area contributed by atoms with E-state index < -0.39 is 0 Å². The smallest absolute Gasteiger partial charge is 0.247 e. The van der Waals surface area contributed by atoms with Crippen molar-refractivity contribution in [3.05, 3.63) is 35.5 Å². The van der Waals surface area contributed by atoms with Crippen molar-refractivity contribution in [1.29, 1.82) is 0 Å². The largest absolute Gasteiger partial charge is 0.339 e. The molecule has 1 N–H and O–H groups in total. The number of aryl methyl sites for hydroxylation is 1. The van der Waals surface area contributed by atoms with Crippen LogP contribution in [0, 0.1) is 13.8 Å². The number of nitrogens with zero attached hydrogens (tertiary/aromatic N) is 4. The van der Waals surface area contributed by atoms with E-state index in [1.54, 1.807) is 6.20 Å². The lowest BCUT2D eigenvalue weighted by Gasteiger charge is -2.15. The van der Waals surface area contributed by atoms with Gasteiger partial charge in [-0.15, -0.1) is 5.10 Å². The summed E-state index contributed by atoms with van der Waals surface area (Å²) in [6, 6.07) is 6.20. The van der Waals surface area contributed by atoms with Gasteiger partial charge in [0.15, 0.2) is 5.82 Å². The fourth-order valence-corrected chi connectivity index (χ4v) is 2.43. The Morgan fingerprint density at radius 2 is 1.95 bits per heavy atom. The predicted octanol–water partition coefficient (Wildman–Crippen LogP) is 2.83. The van der Waals surface area contributed by atoms with E-state index in [9.17, 15) is 0 Å². The molecule has 1 aromatic carbocycles. The zero-order valence-electron chi connectivity index (χ0n) is 11.9. The van der Waals surface area contributed by atoms with E-state index in [-0.39, 0.29) is 0 Å². The first kappa shape index (κ1) is 12.8. The van der Waals surface area contributed by atoms with Gasteiger partial charge in [0.25, 0.3) is 0 Å². The third-order valence-electron chi connectivity index (χ3n) is 3.80. The van der Waals surface area contributed by atoms with Gasteiger partial charge >= 0.3 is 0 Å². The van der Waals surface area contributed by atoms with Gasteiger partial charge in [-0.25, -0.2) is 0 Å². The summed E-state index contributed by atoms with van der Waals surface area (Å²) < 4.78 is 0. The van der Waals surface area contributed by atoms with E-state index in [0.717, 1.165) is 30.5 Å². The van der Waals surface area contributed by atoms with Gasteiger partial charge in [0.05, 0.1) is 6.20 Å². The van der Waals surface area contributed by atoms with Crippen LogP contribution in [-0.4, -0.2) is 28.3 Å². The summed E-state index contributed by atoms with van der Waals surface area (Å²) in [7, 11) is 0. The average Bonchev–Trinajstić information content (AvgIpc) is 2.98.